The first-order valence-electron chi connectivity index (χ1n) is 8.00. The van der Waals surface area contributed by atoms with Crippen molar-refractivity contribution >= 4 is 32.3 Å². The van der Waals surface area contributed by atoms with E-state index in [1.807, 2.05) is 30.3 Å². The molecule has 0 aliphatic carbocycles. The minimum atomic E-state index is -2.98. The highest BCUT2D eigenvalue weighted by molar-refractivity contribution is 7.91. The highest BCUT2D eigenvalue weighted by atomic mass is 32.2. The summed E-state index contributed by atoms with van der Waals surface area (Å²) in [6, 6.07) is 9.57. The van der Waals surface area contributed by atoms with E-state index < -0.39 is 9.84 Å². The number of anilines is 1. The lowest BCUT2D eigenvalue weighted by atomic mass is 10.2. The summed E-state index contributed by atoms with van der Waals surface area (Å²) in [6.45, 7) is 0.484. The van der Waals surface area contributed by atoms with Crippen molar-refractivity contribution in [3.63, 3.8) is 0 Å². The van der Waals surface area contributed by atoms with E-state index in [0.29, 0.717) is 19.4 Å². The highest BCUT2D eigenvalue weighted by Crippen LogP contribution is 2.21. The van der Waals surface area contributed by atoms with Gasteiger partial charge in [-0.2, -0.15) is 0 Å². The monoisotopic (exact) mass is 347 g/mol. The Bertz CT molecular complexity index is 846. The van der Waals surface area contributed by atoms with Gasteiger partial charge < -0.3 is 10.2 Å². The van der Waals surface area contributed by atoms with Gasteiger partial charge in [0.1, 0.15) is 0 Å². The van der Waals surface area contributed by atoms with Gasteiger partial charge in [-0.15, -0.1) is 0 Å². The number of nitrogens with one attached hydrogen (secondary N) is 1. The minimum absolute atomic E-state index is 0.0437. The van der Waals surface area contributed by atoms with Crippen LogP contribution in [0.15, 0.2) is 36.5 Å². The second-order valence-corrected chi connectivity index (χ2v) is 8.35. The number of carbonyl (C=O) groups excluding carboxylic acids is 1. The maximum Gasteiger partial charge on any atom is 0.224 e. The molecule has 0 spiro atoms. The largest absolute Gasteiger partial charge is 0.383 e. The van der Waals surface area contributed by atoms with Gasteiger partial charge in [-0.1, -0.05) is 18.2 Å². The third kappa shape index (κ3) is 3.67. The fourth-order valence-corrected chi connectivity index (χ4v) is 4.79. The van der Waals surface area contributed by atoms with Crippen LogP contribution in [-0.4, -0.2) is 55.3 Å². The van der Waals surface area contributed by atoms with Crippen LogP contribution in [0.2, 0.25) is 0 Å². The van der Waals surface area contributed by atoms with E-state index in [-0.39, 0.29) is 23.5 Å². The second kappa shape index (κ2) is 6.76. The molecule has 1 aliphatic heterocycles. The van der Waals surface area contributed by atoms with Gasteiger partial charge in [-0.05, 0) is 18.6 Å². The molecule has 1 aromatic heterocycles. The molecule has 1 saturated heterocycles. The zero-order valence-electron chi connectivity index (χ0n) is 13.6. The zero-order valence-corrected chi connectivity index (χ0v) is 14.4. The van der Waals surface area contributed by atoms with Crippen molar-refractivity contribution < 1.29 is 13.2 Å². The third-order valence-corrected chi connectivity index (χ3v) is 6.19. The number of carbonyl (C=O) groups is 1. The Balaban J connectivity index is 1.57. The molecule has 1 unspecified atom stereocenters. The van der Waals surface area contributed by atoms with Crippen LogP contribution in [0.1, 0.15) is 12.8 Å². The van der Waals surface area contributed by atoms with Crippen LogP contribution in [0.3, 0.4) is 0 Å². The van der Waals surface area contributed by atoms with E-state index in [0.717, 1.165) is 16.6 Å². The van der Waals surface area contributed by atoms with Crippen LogP contribution in [0.5, 0.6) is 0 Å². The first-order valence-corrected chi connectivity index (χ1v) is 9.82. The molecule has 128 valence electrons. The Morgan fingerprint density at radius 1 is 1.33 bits per heavy atom. The number of benzene rings is 1. The summed E-state index contributed by atoms with van der Waals surface area (Å²) in [6.07, 6.45) is 2.59. The summed E-state index contributed by atoms with van der Waals surface area (Å²) in [5.41, 5.74) is 1.77. The van der Waals surface area contributed by atoms with E-state index in [1.165, 1.54) is 0 Å². The van der Waals surface area contributed by atoms with Crippen molar-refractivity contribution in [2.45, 2.75) is 18.9 Å². The first-order chi connectivity index (χ1) is 11.5. The quantitative estimate of drug-likeness (QED) is 0.890. The Hall–Kier alpha value is -2.15. The number of nitrogens with zero attached hydrogens (tertiary/aromatic N) is 2. The second-order valence-electron chi connectivity index (χ2n) is 6.12. The topological polar surface area (TPSA) is 79.4 Å². The maximum absolute atomic E-state index is 12.3. The summed E-state index contributed by atoms with van der Waals surface area (Å²) in [4.78, 5) is 18.2. The molecule has 1 atom stereocenters. The molecular weight excluding hydrogens is 326 g/mol. The number of hydrogen-bond donors (Lipinski definition) is 1. The predicted octanol–water partition coefficient (Wildman–Crippen LogP) is 1.68. The number of aromatic nitrogens is 1. The molecule has 0 radical (unpaired) electrons. The summed E-state index contributed by atoms with van der Waals surface area (Å²) < 4.78 is 23.1. The molecule has 1 fully saturated rings. The van der Waals surface area contributed by atoms with Gasteiger partial charge in [0.2, 0.25) is 5.91 Å². The van der Waals surface area contributed by atoms with E-state index in [4.69, 9.17) is 0 Å². The highest BCUT2D eigenvalue weighted by Gasteiger charge is 2.32. The molecule has 2 heterocycles. The van der Waals surface area contributed by atoms with Crippen molar-refractivity contribution in [2.24, 2.45) is 0 Å². The Morgan fingerprint density at radius 3 is 2.88 bits per heavy atom. The number of rotatable bonds is 5. The number of fused-ring (bicyclic) bond motifs is 1. The third-order valence-electron chi connectivity index (χ3n) is 4.44. The predicted molar refractivity (Wildman–Crippen MR) is 94.7 cm³/mol. The van der Waals surface area contributed by atoms with E-state index in [2.05, 4.69) is 10.3 Å². The van der Waals surface area contributed by atoms with Crippen LogP contribution < -0.4 is 5.32 Å². The maximum atomic E-state index is 12.3. The molecule has 6 nitrogen and oxygen atoms in total. The van der Waals surface area contributed by atoms with Crippen LogP contribution >= 0.6 is 0 Å². The molecule has 0 bridgehead atoms. The van der Waals surface area contributed by atoms with Gasteiger partial charge in [0.05, 0.1) is 22.7 Å². The standard InChI is InChI=1S/C17H21N3O3S/c1-20(14-8-11-24(22,23)12-14)16(21)7-10-18-15-6-2-4-13-5-3-9-19-17(13)15/h2-6,9,14,18H,7-8,10-12H2,1H3. The normalized spacial score (nSPS) is 19.3. The molecule has 7 heteroatoms. The van der Waals surface area contributed by atoms with E-state index >= 15 is 0 Å². The SMILES string of the molecule is CN(C(=O)CCNc1cccc2cccnc12)C1CCS(=O)(=O)C1. The Labute approximate surface area is 141 Å². The van der Waals surface area contributed by atoms with Gasteiger partial charge >= 0.3 is 0 Å². The summed E-state index contributed by atoms with van der Waals surface area (Å²) in [5.74, 6) is 0.211. The first kappa shape index (κ1) is 16.7. The molecule has 1 aromatic carbocycles. The number of para-hydroxylation sites is 1. The lowest BCUT2D eigenvalue weighted by Gasteiger charge is -2.23. The van der Waals surface area contributed by atoms with Gasteiger partial charge in [-0.3, -0.25) is 9.78 Å². The van der Waals surface area contributed by atoms with Crippen LogP contribution in [0.25, 0.3) is 10.9 Å². The Morgan fingerprint density at radius 2 is 2.12 bits per heavy atom. The summed E-state index contributed by atoms with van der Waals surface area (Å²) >= 11 is 0. The molecule has 1 N–H and O–H groups in total. The van der Waals surface area contributed by atoms with Crippen LogP contribution in [0.4, 0.5) is 5.69 Å². The van der Waals surface area contributed by atoms with Gasteiger partial charge in [0.15, 0.2) is 9.84 Å². The average Bonchev–Trinajstić information content (AvgIpc) is 2.94. The van der Waals surface area contributed by atoms with E-state index in [1.54, 1.807) is 18.1 Å². The van der Waals surface area contributed by atoms with E-state index in [9.17, 15) is 13.2 Å². The number of sulfone groups is 1. The van der Waals surface area contributed by atoms with Crippen molar-refractivity contribution in [3.8, 4) is 0 Å². The zero-order chi connectivity index (χ0) is 17.2. The van der Waals surface area contributed by atoms with Gasteiger partial charge in [-0.25, -0.2) is 8.42 Å². The number of amides is 1. The minimum Gasteiger partial charge on any atom is -0.383 e. The van der Waals surface area contributed by atoms with Gasteiger partial charge in [0.25, 0.3) is 0 Å². The smallest absolute Gasteiger partial charge is 0.224 e. The number of hydrogen-bond acceptors (Lipinski definition) is 5. The average molecular weight is 347 g/mol. The fraction of sp³-hybridized carbons (Fsp3) is 0.412. The molecule has 3 rings (SSSR count). The summed E-state index contributed by atoms with van der Waals surface area (Å²) in [5, 5.41) is 4.30. The van der Waals surface area contributed by atoms with Crippen molar-refractivity contribution in [2.75, 3.05) is 30.4 Å². The lowest BCUT2D eigenvalue weighted by molar-refractivity contribution is -0.131. The molecular formula is C17H21N3O3S. The molecule has 0 saturated carbocycles. The van der Waals surface area contributed by atoms with Crippen molar-refractivity contribution in [1.82, 2.24) is 9.88 Å². The van der Waals surface area contributed by atoms with Crippen molar-refractivity contribution in [1.29, 1.82) is 0 Å². The van der Waals surface area contributed by atoms with Crippen LogP contribution in [-0.2, 0) is 14.6 Å². The molecule has 24 heavy (non-hydrogen) atoms. The lowest BCUT2D eigenvalue weighted by Crippen LogP contribution is -2.38. The fourth-order valence-electron chi connectivity index (χ4n) is 3.01. The summed E-state index contributed by atoms with van der Waals surface area (Å²) in [7, 11) is -1.29. The van der Waals surface area contributed by atoms with Gasteiger partial charge in [0, 0.05) is 37.6 Å². The molecule has 1 aliphatic rings. The van der Waals surface area contributed by atoms with Crippen molar-refractivity contribution in [3.05, 3.63) is 36.5 Å². The van der Waals surface area contributed by atoms with Crippen LogP contribution in [0, 0.1) is 0 Å². The number of pyridine rings is 1. The Kier molecular flexibility index (Phi) is 4.71. The molecule has 1 amide bonds. The molecule has 2 aromatic rings.